The number of hydrogen-bond acceptors (Lipinski definition) is 0. The van der Waals surface area contributed by atoms with Crippen LogP contribution in [-0.4, -0.2) is 35.0 Å². The van der Waals surface area contributed by atoms with E-state index < -0.39 is 0 Å². The van der Waals surface area contributed by atoms with Crippen LogP contribution < -0.4 is 0 Å². The molecule has 0 nitrogen and oxygen atoms in total. The molecule has 21 heavy (non-hydrogen) atoms. The van der Waals surface area contributed by atoms with Crippen molar-refractivity contribution in [1.82, 2.24) is 0 Å². The molecule has 120 valence electrons. The van der Waals surface area contributed by atoms with Crippen LogP contribution in [0.4, 0.5) is 0 Å². The van der Waals surface area contributed by atoms with Gasteiger partial charge in [0.05, 0.1) is 0 Å². The Hall–Kier alpha value is 0.860. The van der Waals surface area contributed by atoms with E-state index in [4.69, 9.17) is 0 Å². The van der Waals surface area contributed by atoms with Gasteiger partial charge in [-0.25, -0.2) is 0 Å². The van der Waals surface area contributed by atoms with Crippen LogP contribution in [0.15, 0.2) is 0 Å². The van der Waals surface area contributed by atoms with Crippen molar-refractivity contribution in [1.29, 1.82) is 0 Å². The molecule has 0 unspecified atom stereocenters. The minimum Gasteiger partial charge on any atom is -0.100 e. The third kappa shape index (κ3) is 3.38. The molecule has 2 saturated carbocycles. The third-order valence-corrected chi connectivity index (χ3v) is 14.4. The van der Waals surface area contributed by atoms with Crippen molar-refractivity contribution < 1.29 is 0 Å². The van der Waals surface area contributed by atoms with Crippen molar-refractivity contribution in [2.24, 2.45) is 0 Å². The Morgan fingerprint density at radius 3 is 1.38 bits per heavy atom. The molecule has 4 atom stereocenters. The minimum absolute atomic E-state index is 0.453. The molecule has 2 heterocycles. The summed E-state index contributed by atoms with van der Waals surface area (Å²) in [5.41, 5.74) is 4.87. The van der Waals surface area contributed by atoms with E-state index in [1.807, 2.05) is 0 Å². The second-order valence-corrected chi connectivity index (χ2v) is 14.1. The molecule has 0 amide bonds. The van der Waals surface area contributed by atoms with Gasteiger partial charge in [-0.2, -0.15) is 0 Å². The molecule has 4 rings (SSSR count). The first-order valence-corrected chi connectivity index (χ1v) is 13.3. The van der Waals surface area contributed by atoms with Crippen molar-refractivity contribution >= 4 is 15.8 Å². The van der Waals surface area contributed by atoms with E-state index in [0.29, 0.717) is 15.8 Å². The van der Waals surface area contributed by atoms with Gasteiger partial charge in [0.25, 0.3) is 0 Å². The van der Waals surface area contributed by atoms with Crippen LogP contribution in [0.1, 0.15) is 83.5 Å². The molecule has 2 aliphatic heterocycles. The van der Waals surface area contributed by atoms with Crippen molar-refractivity contribution in [2.75, 3.05) is 12.3 Å². The zero-order valence-electron chi connectivity index (χ0n) is 13.8. The lowest BCUT2D eigenvalue weighted by Gasteiger charge is -2.32. The number of rotatable bonds is 4. The monoisotopic (exact) mass is 324 g/mol. The van der Waals surface area contributed by atoms with Crippen LogP contribution in [-0.2, 0) is 0 Å². The average Bonchev–Trinajstić information content (AvgIpc) is 3.28. The fraction of sp³-hybridized carbons (Fsp3) is 1.00. The lowest BCUT2D eigenvalue weighted by Crippen LogP contribution is -2.17. The Balaban J connectivity index is 1.37. The van der Waals surface area contributed by atoms with Gasteiger partial charge in [-0.05, 0) is 92.7 Å². The first-order valence-electron chi connectivity index (χ1n) is 9.93. The first-order chi connectivity index (χ1) is 10.4. The Bertz CT molecular complexity index is 298. The van der Waals surface area contributed by atoms with Crippen LogP contribution in [0.2, 0.25) is 0 Å². The fourth-order valence-electron chi connectivity index (χ4n) is 5.97. The van der Waals surface area contributed by atoms with E-state index in [2.05, 4.69) is 0 Å². The van der Waals surface area contributed by atoms with E-state index in [0.717, 1.165) is 0 Å². The van der Waals surface area contributed by atoms with E-state index >= 15 is 0 Å². The van der Waals surface area contributed by atoms with Crippen molar-refractivity contribution in [3.05, 3.63) is 0 Å². The Kier molecular flexibility index (Phi) is 5.26. The summed E-state index contributed by atoms with van der Waals surface area (Å²) in [5.74, 6) is 0. The minimum atomic E-state index is 0.453. The normalized spacial score (nSPS) is 42.3. The molecule has 0 radical (unpaired) electrons. The average molecular weight is 324 g/mol. The van der Waals surface area contributed by atoms with Gasteiger partial charge in [0, 0.05) is 0 Å². The molecule has 4 aliphatic rings. The van der Waals surface area contributed by atoms with Gasteiger partial charge >= 0.3 is 0 Å². The van der Waals surface area contributed by atoms with Gasteiger partial charge in [0.2, 0.25) is 0 Å². The second-order valence-electron chi connectivity index (χ2n) is 8.18. The van der Waals surface area contributed by atoms with E-state index in [9.17, 15) is 0 Å². The maximum absolute atomic E-state index is 1.70. The van der Waals surface area contributed by atoms with Crippen LogP contribution in [0.3, 0.4) is 0 Å². The van der Waals surface area contributed by atoms with Crippen LogP contribution in [0.5, 0.6) is 0 Å². The summed E-state index contributed by atoms with van der Waals surface area (Å²) in [7, 11) is 0.907. The molecule has 4 fully saturated rings. The van der Waals surface area contributed by atoms with Crippen molar-refractivity contribution in [3.63, 3.8) is 0 Å². The highest BCUT2D eigenvalue weighted by atomic mass is 31.1. The highest BCUT2D eigenvalue weighted by Crippen LogP contribution is 2.64. The topological polar surface area (TPSA) is 0 Å². The lowest BCUT2D eigenvalue weighted by molar-refractivity contribution is 0.651. The lowest BCUT2D eigenvalue weighted by atomic mass is 10.1. The SMILES string of the molecule is C1CCC([P@]2CCC[C@@H]2C[C@H]2CCC[P@@]2C2CCCC2)C1. The first kappa shape index (κ1) is 15.4. The maximum atomic E-state index is 1.70. The summed E-state index contributed by atoms with van der Waals surface area (Å²) in [6, 6.07) is 0. The molecule has 2 saturated heterocycles. The Labute approximate surface area is 134 Å². The Morgan fingerprint density at radius 2 is 0.952 bits per heavy atom. The summed E-state index contributed by atoms with van der Waals surface area (Å²) in [4.78, 5) is 0. The zero-order chi connectivity index (χ0) is 14.1. The molecule has 0 aromatic heterocycles. The molecule has 0 aromatic rings. The van der Waals surface area contributed by atoms with Gasteiger partial charge in [0.15, 0.2) is 0 Å². The molecule has 0 N–H and O–H groups in total. The molecule has 0 spiro atoms. The molecule has 0 bridgehead atoms. The Morgan fingerprint density at radius 1 is 0.524 bits per heavy atom. The summed E-state index contributed by atoms with van der Waals surface area (Å²) in [5, 5.41) is 0. The van der Waals surface area contributed by atoms with Crippen LogP contribution in [0.25, 0.3) is 0 Å². The molecular weight excluding hydrogens is 290 g/mol. The molecule has 0 aromatic carbocycles. The second kappa shape index (κ2) is 7.18. The third-order valence-electron chi connectivity index (χ3n) is 6.98. The van der Waals surface area contributed by atoms with Crippen LogP contribution in [0, 0.1) is 0 Å². The van der Waals surface area contributed by atoms with Gasteiger partial charge in [-0.1, -0.05) is 25.7 Å². The van der Waals surface area contributed by atoms with E-state index in [-0.39, 0.29) is 0 Å². The summed E-state index contributed by atoms with van der Waals surface area (Å²) in [6.07, 6.45) is 24.2. The highest BCUT2D eigenvalue weighted by molar-refractivity contribution is 7.60. The molecular formula is C19H34P2. The van der Waals surface area contributed by atoms with Gasteiger partial charge in [-0.15, -0.1) is 15.8 Å². The standard InChI is InChI=1S/C19H34P2/c1-2-8-16(7-1)20-13-5-11-18(20)15-19-12-6-14-21(19)17-9-3-4-10-17/h16-19H,1-15H2/t18-,19-,20+,21+/m1/s1. The smallest absolute Gasteiger partial charge is 0.0201 e. The van der Waals surface area contributed by atoms with Crippen LogP contribution >= 0.6 is 15.8 Å². The summed E-state index contributed by atoms with van der Waals surface area (Å²) in [6.45, 7) is 0. The van der Waals surface area contributed by atoms with Crippen molar-refractivity contribution in [2.45, 2.75) is 106 Å². The molecule has 2 heteroatoms. The largest absolute Gasteiger partial charge is 0.100 e. The number of hydrogen-bond donors (Lipinski definition) is 0. The van der Waals surface area contributed by atoms with Gasteiger partial charge in [-0.3, -0.25) is 0 Å². The van der Waals surface area contributed by atoms with Gasteiger partial charge < -0.3 is 0 Å². The van der Waals surface area contributed by atoms with Crippen molar-refractivity contribution in [3.8, 4) is 0 Å². The molecule has 2 aliphatic carbocycles. The summed E-state index contributed by atoms with van der Waals surface area (Å²) >= 11 is 0. The van der Waals surface area contributed by atoms with E-state index in [1.54, 1.807) is 95.8 Å². The van der Waals surface area contributed by atoms with Gasteiger partial charge in [0.1, 0.15) is 0 Å². The van der Waals surface area contributed by atoms with E-state index in [1.165, 1.54) is 22.6 Å². The maximum Gasteiger partial charge on any atom is -0.0201 e. The predicted octanol–water partition coefficient (Wildman–Crippen LogP) is 6.55. The highest BCUT2D eigenvalue weighted by Gasteiger charge is 2.40. The predicted molar refractivity (Wildman–Crippen MR) is 98.7 cm³/mol. The summed E-state index contributed by atoms with van der Waals surface area (Å²) < 4.78 is 0. The fourth-order valence-corrected chi connectivity index (χ4v) is 14.0. The zero-order valence-corrected chi connectivity index (χ0v) is 15.6. The quantitative estimate of drug-likeness (QED) is 0.514.